The van der Waals surface area contributed by atoms with Crippen molar-refractivity contribution in [2.45, 2.75) is 31.9 Å². The maximum absolute atomic E-state index is 13.7. The Balaban J connectivity index is 1.34. The Kier molecular flexibility index (Phi) is 8.32. The van der Waals surface area contributed by atoms with E-state index >= 15 is 0 Å². The first-order valence-corrected chi connectivity index (χ1v) is 14.1. The highest BCUT2D eigenvalue weighted by Crippen LogP contribution is 2.41. The third kappa shape index (κ3) is 6.75. The van der Waals surface area contributed by atoms with Crippen LogP contribution in [0.5, 0.6) is 11.5 Å². The van der Waals surface area contributed by atoms with Crippen LogP contribution in [0, 0.1) is 5.82 Å². The third-order valence-corrected chi connectivity index (χ3v) is 7.37. The second kappa shape index (κ2) is 12.6. The molecule has 0 bridgehead atoms. The van der Waals surface area contributed by atoms with Crippen molar-refractivity contribution in [2.24, 2.45) is 5.10 Å². The molecule has 0 amide bonds. The van der Waals surface area contributed by atoms with Crippen LogP contribution in [0.2, 0.25) is 0 Å². The molecule has 1 heterocycles. The molecule has 0 aliphatic carbocycles. The molecule has 0 saturated heterocycles. The van der Waals surface area contributed by atoms with Crippen molar-refractivity contribution >= 4 is 11.4 Å². The predicted octanol–water partition coefficient (Wildman–Crippen LogP) is 9.36. The molecule has 0 saturated carbocycles. The van der Waals surface area contributed by atoms with E-state index in [1.54, 1.807) is 17.1 Å². The zero-order chi connectivity index (χ0) is 30.5. The molecule has 1 unspecified atom stereocenters. The summed E-state index contributed by atoms with van der Waals surface area (Å²) < 4.78 is 66.0. The zero-order valence-corrected chi connectivity index (χ0v) is 23.5. The molecule has 6 rings (SSSR count). The molecule has 1 atom stereocenters. The van der Waals surface area contributed by atoms with Gasteiger partial charge in [0.15, 0.2) is 11.5 Å². The number of ether oxygens (including phenoxy) is 2. The molecule has 44 heavy (non-hydrogen) atoms. The number of halogens is 4. The van der Waals surface area contributed by atoms with Gasteiger partial charge in [-0.15, -0.1) is 0 Å². The molecule has 0 radical (unpaired) electrons. The van der Waals surface area contributed by atoms with E-state index in [1.807, 2.05) is 78.9 Å². The quantitative estimate of drug-likeness (QED) is 0.159. The minimum atomic E-state index is -4.45. The molecule has 0 N–H and O–H groups in total. The lowest BCUT2D eigenvalue weighted by atomic mass is 9.97. The molecule has 0 spiro atoms. The molecule has 1 aliphatic rings. The SMILES string of the molecule is Fc1ccc(C2=NN(c3ccc(C(F)(F)F)cc3)C(c3ccc(OCc4ccccc4)c(OCc4ccccc4)c3)C2)cc1. The topological polar surface area (TPSA) is 34.1 Å². The number of alkyl halides is 3. The van der Waals surface area contributed by atoms with Crippen LogP contribution in [0.15, 0.2) is 132 Å². The Morgan fingerprint density at radius 2 is 1.27 bits per heavy atom. The van der Waals surface area contributed by atoms with Crippen molar-refractivity contribution in [3.05, 3.63) is 161 Å². The van der Waals surface area contributed by atoms with Gasteiger partial charge in [0.05, 0.1) is 23.0 Å². The molecule has 4 nitrogen and oxygen atoms in total. The summed E-state index contributed by atoms with van der Waals surface area (Å²) in [4.78, 5) is 0. The van der Waals surface area contributed by atoms with Gasteiger partial charge in [0.25, 0.3) is 0 Å². The van der Waals surface area contributed by atoms with Gasteiger partial charge in [0, 0.05) is 6.42 Å². The standard InChI is InChI=1S/C36H28F4N2O2/c37-30-16-11-27(12-17-30)32-22-33(42(41-32)31-18-14-29(15-19-31)36(38,39)40)28-13-20-34(43-23-25-7-3-1-4-8-25)35(21-28)44-24-26-9-5-2-6-10-26/h1-21,33H,22-24H2. The van der Waals surface area contributed by atoms with Crippen LogP contribution in [-0.2, 0) is 19.4 Å². The molecule has 5 aromatic carbocycles. The highest BCUT2D eigenvalue weighted by molar-refractivity contribution is 6.03. The van der Waals surface area contributed by atoms with E-state index in [1.165, 1.54) is 24.3 Å². The second-order valence-electron chi connectivity index (χ2n) is 10.4. The summed E-state index contributed by atoms with van der Waals surface area (Å²) in [6.07, 6.45) is -4.01. The lowest BCUT2D eigenvalue weighted by Gasteiger charge is -2.25. The number of benzene rings is 5. The highest BCUT2D eigenvalue weighted by Gasteiger charge is 2.33. The fourth-order valence-corrected chi connectivity index (χ4v) is 5.06. The van der Waals surface area contributed by atoms with E-state index in [0.29, 0.717) is 42.5 Å². The first-order valence-electron chi connectivity index (χ1n) is 14.1. The number of nitrogens with zero attached hydrogens (tertiary/aromatic N) is 2. The normalized spacial score (nSPS) is 14.8. The Labute approximate surface area is 252 Å². The molecule has 0 aromatic heterocycles. The van der Waals surface area contributed by atoms with Gasteiger partial charge < -0.3 is 9.47 Å². The van der Waals surface area contributed by atoms with Crippen molar-refractivity contribution in [1.82, 2.24) is 0 Å². The smallest absolute Gasteiger partial charge is 0.416 e. The summed E-state index contributed by atoms with van der Waals surface area (Å²) in [5, 5.41) is 6.51. The van der Waals surface area contributed by atoms with Crippen molar-refractivity contribution < 1.29 is 27.0 Å². The second-order valence-corrected chi connectivity index (χ2v) is 10.4. The van der Waals surface area contributed by atoms with Gasteiger partial charge in [0.1, 0.15) is 19.0 Å². The highest BCUT2D eigenvalue weighted by atomic mass is 19.4. The van der Waals surface area contributed by atoms with Crippen LogP contribution in [0.3, 0.4) is 0 Å². The third-order valence-electron chi connectivity index (χ3n) is 7.37. The molecule has 5 aromatic rings. The first-order chi connectivity index (χ1) is 21.3. The zero-order valence-electron chi connectivity index (χ0n) is 23.5. The average molecular weight is 597 g/mol. The molecule has 0 fully saturated rings. The van der Waals surface area contributed by atoms with Crippen LogP contribution >= 0.6 is 0 Å². The van der Waals surface area contributed by atoms with Crippen LogP contribution in [-0.4, -0.2) is 5.71 Å². The number of anilines is 1. The number of hydrogen-bond donors (Lipinski definition) is 0. The summed E-state index contributed by atoms with van der Waals surface area (Å²) in [7, 11) is 0. The molecule has 8 heteroatoms. The maximum atomic E-state index is 13.7. The average Bonchev–Trinajstić information content (AvgIpc) is 3.49. The first kappa shape index (κ1) is 29.0. The van der Waals surface area contributed by atoms with E-state index in [9.17, 15) is 17.6 Å². The van der Waals surface area contributed by atoms with Gasteiger partial charge in [-0.1, -0.05) is 78.9 Å². The molecule has 1 aliphatic heterocycles. The summed E-state index contributed by atoms with van der Waals surface area (Å²) >= 11 is 0. The fraction of sp³-hybridized carbons (Fsp3) is 0.139. The van der Waals surface area contributed by atoms with Gasteiger partial charge in [0.2, 0.25) is 0 Å². The lowest BCUT2D eigenvalue weighted by Crippen LogP contribution is -2.19. The van der Waals surface area contributed by atoms with Crippen molar-refractivity contribution in [3.63, 3.8) is 0 Å². The van der Waals surface area contributed by atoms with E-state index < -0.39 is 11.7 Å². The Morgan fingerprint density at radius 3 is 1.86 bits per heavy atom. The Morgan fingerprint density at radius 1 is 0.682 bits per heavy atom. The minimum Gasteiger partial charge on any atom is -0.485 e. The number of hydrazone groups is 1. The minimum absolute atomic E-state index is 0.316. The molecular weight excluding hydrogens is 568 g/mol. The van der Waals surface area contributed by atoms with E-state index in [0.717, 1.165) is 34.4 Å². The number of hydrogen-bond acceptors (Lipinski definition) is 4. The number of rotatable bonds is 9. The Hall–Kier alpha value is -5.11. The molecular formula is C36H28F4N2O2. The van der Waals surface area contributed by atoms with Gasteiger partial charge in [-0.3, -0.25) is 5.01 Å². The largest absolute Gasteiger partial charge is 0.485 e. The van der Waals surface area contributed by atoms with Gasteiger partial charge in [-0.25, -0.2) is 4.39 Å². The Bertz CT molecular complexity index is 1720. The van der Waals surface area contributed by atoms with E-state index in [-0.39, 0.29) is 11.9 Å². The van der Waals surface area contributed by atoms with Crippen LogP contribution < -0.4 is 14.5 Å². The van der Waals surface area contributed by atoms with Crippen molar-refractivity contribution in [3.8, 4) is 11.5 Å². The van der Waals surface area contributed by atoms with Crippen molar-refractivity contribution in [1.29, 1.82) is 0 Å². The summed E-state index contributed by atoms with van der Waals surface area (Å²) in [6.45, 7) is 0.664. The van der Waals surface area contributed by atoms with E-state index in [2.05, 4.69) is 0 Å². The van der Waals surface area contributed by atoms with Gasteiger partial charge >= 0.3 is 6.18 Å². The monoisotopic (exact) mass is 596 g/mol. The van der Waals surface area contributed by atoms with Gasteiger partial charge in [-0.05, 0) is 70.8 Å². The van der Waals surface area contributed by atoms with Crippen LogP contribution in [0.4, 0.5) is 23.2 Å². The summed E-state index contributed by atoms with van der Waals surface area (Å²) in [5.41, 5.74) is 4.00. The lowest BCUT2D eigenvalue weighted by molar-refractivity contribution is -0.137. The fourth-order valence-electron chi connectivity index (χ4n) is 5.06. The summed E-state index contributed by atoms with van der Waals surface area (Å²) in [6, 6.07) is 35.8. The van der Waals surface area contributed by atoms with Crippen LogP contribution in [0.1, 0.15) is 40.3 Å². The van der Waals surface area contributed by atoms with Crippen LogP contribution in [0.25, 0.3) is 0 Å². The van der Waals surface area contributed by atoms with E-state index in [4.69, 9.17) is 14.6 Å². The molecule has 222 valence electrons. The van der Waals surface area contributed by atoms with Crippen molar-refractivity contribution in [2.75, 3.05) is 5.01 Å². The summed E-state index contributed by atoms with van der Waals surface area (Å²) in [5.74, 6) is 0.729. The van der Waals surface area contributed by atoms with Gasteiger partial charge in [-0.2, -0.15) is 18.3 Å². The predicted molar refractivity (Wildman–Crippen MR) is 162 cm³/mol. The maximum Gasteiger partial charge on any atom is 0.416 e.